The standard InChI is InChI=1S/C14H14N4O2S/c1-9-3-6-11(7-4-9)21(19,20)18-12-8-5-10(2)13(15)14(12)16-17-18/h3-8H,15H2,1-2H3. The number of hydrogen-bond donors (Lipinski definition) is 1. The Morgan fingerprint density at radius 2 is 1.71 bits per heavy atom. The summed E-state index contributed by atoms with van der Waals surface area (Å²) in [5.74, 6) is 0. The molecule has 0 saturated heterocycles. The van der Waals surface area contributed by atoms with Crippen molar-refractivity contribution >= 4 is 26.7 Å². The molecule has 0 amide bonds. The van der Waals surface area contributed by atoms with Gasteiger partial charge in [-0.25, -0.2) is 0 Å². The number of rotatable bonds is 2. The second kappa shape index (κ2) is 4.56. The van der Waals surface area contributed by atoms with Gasteiger partial charge < -0.3 is 5.73 Å². The van der Waals surface area contributed by atoms with E-state index in [4.69, 9.17) is 5.73 Å². The molecular weight excluding hydrogens is 288 g/mol. The third-order valence-corrected chi connectivity index (χ3v) is 4.99. The molecule has 3 rings (SSSR count). The maximum absolute atomic E-state index is 12.6. The van der Waals surface area contributed by atoms with E-state index < -0.39 is 10.0 Å². The van der Waals surface area contributed by atoms with E-state index in [1.54, 1.807) is 36.4 Å². The number of hydrogen-bond acceptors (Lipinski definition) is 5. The molecule has 1 heterocycles. The summed E-state index contributed by atoms with van der Waals surface area (Å²) in [4.78, 5) is 0.166. The van der Waals surface area contributed by atoms with Crippen LogP contribution in [0.1, 0.15) is 11.1 Å². The Labute approximate surface area is 122 Å². The third kappa shape index (κ3) is 2.06. The van der Waals surface area contributed by atoms with Crippen molar-refractivity contribution in [2.24, 2.45) is 0 Å². The molecule has 108 valence electrons. The molecule has 0 aliphatic heterocycles. The summed E-state index contributed by atoms with van der Waals surface area (Å²) in [5, 5.41) is 7.66. The van der Waals surface area contributed by atoms with Crippen molar-refractivity contribution in [1.82, 2.24) is 14.4 Å². The van der Waals surface area contributed by atoms with Gasteiger partial charge in [0, 0.05) is 0 Å². The van der Waals surface area contributed by atoms with Crippen LogP contribution in [0.4, 0.5) is 5.69 Å². The van der Waals surface area contributed by atoms with E-state index in [2.05, 4.69) is 10.3 Å². The highest BCUT2D eigenvalue weighted by Crippen LogP contribution is 2.25. The number of nitrogen functional groups attached to an aromatic ring is 1. The maximum atomic E-state index is 12.6. The lowest BCUT2D eigenvalue weighted by molar-refractivity contribution is 0.579. The first kappa shape index (κ1) is 13.6. The van der Waals surface area contributed by atoms with Crippen LogP contribution in [0.3, 0.4) is 0 Å². The van der Waals surface area contributed by atoms with E-state index >= 15 is 0 Å². The first-order valence-corrected chi connectivity index (χ1v) is 7.78. The predicted octanol–water partition coefficient (Wildman–Crippen LogP) is 1.87. The molecule has 3 aromatic rings. The van der Waals surface area contributed by atoms with Crippen molar-refractivity contribution in [2.45, 2.75) is 18.7 Å². The van der Waals surface area contributed by atoms with E-state index in [1.807, 2.05) is 13.8 Å². The van der Waals surface area contributed by atoms with Crippen molar-refractivity contribution in [2.75, 3.05) is 5.73 Å². The van der Waals surface area contributed by atoms with E-state index in [9.17, 15) is 8.42 Å². The number of nitrogens with zero attached hydrogens (tertiary/aromatic N) is 3. The molecule has 6 nitrogen and oxygen atoms in total. The number of fused-ring (bicyclic) bond motifs is 1. The van der Waals surface area contributed by atoms with Crippen molar-refractivity contribution in [3.05, 3.63) is 47.5 Å². The van der Waals surface area contributed by atoms with Gasteiger partial charge in [-0.1, -0.05) is 29.0 Å². The monoisotopic (exact) mass is 302 g/mol. The van der Waals surface area contributed by atoms with Crippen LogP contribution >= 0.6 is 0 Å². The highest BCUT2D eigenvalue weighted by Gasteiger charge is 2.22. The molecule has 0 radical (unpaired) electrons. The third-order valence-electron chi connectivity index (χ3n) is 3.39. The second-order valence-corrected chi connectivity index (χ2v) is 6.68. The molecule has 0 fully saturated rings. The quantitative estimate of drug-likeness (QED) is 0.730. The Bertz CT molecular complexity index is 928. The summed E-state index contributed by atoms with van der Waals surface area (Å²) in [6.45, 7) is 3.73. The van der Waals surface area contributed by atoms with Crippen LogP contribution in [0.2, 0.25) is 0 Å². The van der Waals surface area contributed by atoms with E-state index in [-0.39, 0.29) is 4.90 Å². The Kier molecular flexibility index (Phi) is 2.94. The predicted molar refractivity (Wildman–Crippen MR) is 80.4 cm³/mol. The topological polar surface area (TPSA) is 90.9 Å². The van der Waals surface area contributed by atoms with E-state index in [1.165, 1.54) is 0 Å². The van der Waals surface area contributed by atoms with Gasteiger partial charge in [-0.05, 0) is 37.6 Å². The van der Waals surface area contributed by atoms with Gasteiger partial charge in [0.15, 0.2) is 0 Å². The fourth-order valence-corrected chi connectivity index (χ4v) is 3.30. The molecule has 0 saturated carbocycles. The molecule has 0 spiro atoms. The van der Waals surface area contributed by atoms with E-state index in [0.29, 0.717) is 16.7 Å². The largest absolute Gasteiger partial charge is 0.397 e. The fraction of sp³-hybridized carbons (Fsp3) is 0.143. The minimum atomic E-state index is -3.78. The van der Waals surface area contributed by atoms with Crippen LogP contribution in [-0.2, 0) is 10.0 Å². The van der Waals surface area contributed by atoms with Crippen LogP contribution in [0.25, 0.3) is 11.0 Å². The molecule has 0 unspecified atom stereocenters. The molecular formula is C14H14N4O2S. The van der Waals surface area contributed by atoms with Gasteiger partial charge in [-0.15, -0.1) is 9.19 Å². The lowest BCUT2D eigenvalue weighted by atomic mass is 10.2. The molecule has 0 bridgehead atoms. The van der Waals surface area contributed by atoms with Crippen LogP contribution in [0.5, 0.6) is 0 Å². The summed E-state index contributed by atoms with van der Waals surface area (Å²) in [6, 6.07) is 10.00. The van der Waals surface area contributed by atoms with Gasteiger partial charge in [0.1, 0.15) is 11.0 Å². The number of aryl methyl sites for hydroxylation is 2. The van der Waals surface area contributed by atoms with Crippen LogP contribution in [0.15, 0.2) is 41.3 Å². The van der Waals surface area contributed by atoms with Crippen LogP contribution < -0.4 is 5.73 Å². The molecule has 1 aromatic heterocycles. The van der Waals surface area contributed by atoms with Crippen LogP contribution in [-0.4, -0.2) is 22.8 Å². The average Bonchev–Trinajstić information content (AvgIpc) is 2.89. The minimum Gasteiger partial charge on any atom is -0.397 e. The minimum absolute atomic E-state index is 0.166. The van der Waals surface area contributed by atoms with Crippen molar-refractivity contribution in [1.29, 1.82) is 0 Å². The van der Waals surface area contributed by atoms with Gasteiger partial charge in [-0.3, -0.25) is 0 Å². The molecule has 0 atom stereocenters. The van der Waals surface area contributed by atoms with Gasteiger partial charge in [-0.2, -0.15) is 8.42 Å². The summed E-state index contributed by atoms with van der Waals surface area (Å²) in [7, 11) is -3.78. The lowest BCUT2D eigenvalue weighted by Crippen LogP contribution is -2.14. The van der Waals surface area contributed by atoms with Gasteiger partial charge in [0.25, 0.3) is 10.0 Å². The smallest absolute Gasteiger partial charge is 0.284 e. The number of anilines is 1. The average molecular weight is 302 g/mol. The fourth-order valence-electron chi connectivity index (χ4n) is 2.08. The van der Waals surface area contributed by atoms with Crippen molar-refractivity contribution in [3.63, 3.8) is 0 Å². The molecule has 2 aromatic carbocycles. The summed E-state index contributed by atoms with van der Waals surface area (Å²) in [6.07, 6.45) is 0. The number of aromatic nitrogens is 3. The van der Waals surface area contributed by atoms with E-state index in [0.717, 1.165) is 15.2 Å². The second-order valence-electron chi connectivity index (χ2n) is 4.91. The van der Waals surface area contributed by atoms with Gasteiger partial charge in [0.2, 0.25) is 0 Å². The SMILES string of the molecule is Cc1ccc(S(=O)(=O)n2nnc3c(N)c(C)ccc32)cc1. The first-order chi connectivity index (χ1) is 9.91. The molecule has 0 aliphatic rings. The summed E-state index contributed by atoms with van der Waals surface area (Å²) < 4.78 is 26.2. The Morgan fingerprint density at radius 3 is 2.38 bits per heavy atom. The number of nitrogens with two attached hydrogens (primary N) is 1. The van der Waals surface area contributed by atoms with Crippen LogP contribution in [0, 0.1) is 13.8 Å². The highest BCUT2D eigenvalue weighted by molar-refractivity contribution is 7.90. The van der Waals surface area contributed by atoms with Crippen molar-refractivity contribution in [3.8, 4) is 0 Å². The molecule has 2 N–H and O–H groups in total. The zero-order chi connectivity index (χ0) is 15.2. The van der Waals surface area contributed by atoms with Gasteiger partial charge >= 0.3 is 0 Å². The Balaban J connectivity index is 2.25. The first-order valence-electron chi connectivity index (χ1n) is 6.34. The Hall–Kier alpha value is -2.41. The number of benzene rings is 2. The lowest BCUT2D eigenvalue weighted by Gasteiger charge is -2.06. The zero-order valence-corrected chi connectivity index (χ0v) is 12.4. The van der Waals surface area contributed by atoms with Gasteiger partial charge in [0.05, 0.1) is 10.6 Å². The highest BCUT2D eigenvalue weighted by atomic mass is 32.2. The molecule has 21 heavy (non-hydrogen) atoms. The Morgan fingerprint density at radius 1 is 1.05 bits per heavy atom. The molecule has 0 aliphatic carbocycles. The maximum Gasteiger partial charge on any atom is 0.284 e. The summed E-state index contributed by atoms with van der Waals surface area (Å²) in [5.41, 5.74) is 8.95. The molecule has 7 heteroatoms. The van der Waals surface area contributed by atoms with Crippen molar-refractivity contribution < 1.29 is 8.42 Å². The normalized spacial score (nSPS) is 11.9. The summed E-state index contributed by atoms with van der Waals surface area (Å²) >= 11 is 0. The zero-order valence-electron chi connectivity index (χ0n) is 11.6.